The number of carbonyl (C=O) groups excluding carboxylic acids is 2. The van der Waals surface area contributed by atoms with Gasteiger partial charge >= 0.3 is 12.1 Å². The predicted octanol–water partition coefficient (Wildman–Crippen LogP) is -0.0737. The lowest BCUT2D eigenvalue weighted by molar-refractivity contribution is -0.147. The van der Waals surface area contributed by atoms with Gasteiger partial charge in [0.15, 0.2) is 0 Å². The fourth-order valence-corrected chi connectivity index (χ4v) is 1.71. The largest absolute Gasteiger partial charge is 0.481 e. The molecule has 1 aliphatic rings. The summed E-state index contributed by atoms with van der Waals surface area (Å²) in [4.78, 5) is 36.8. The Morgan fingerprint density at radius 2 is 2.22 bits per heavy atom. The highest BCUT2D eigenvalue weighted by atomic mass is 16.6. The highest BCUT2D eigenvalue weighted by Gasteiger charge is 2.38. The number of amides is 2. The van der Waals surface area contributed by atoms with Gasteiger partial charge in [-0.3, -0.25) is 14.5 Å². The Bertz CT molecular complexity index is 368. The lowest BCUT2D eigenvalue weighted by Gasteiger charge is -2.37. The van der Waals surface area contributed by atoms with Crippen LogP contribution in [0.3, 0.4) is 0 Å². The summed E-state index contributed by atoms with van der Waals surface area (Å²) < 4.78 is 4.83. The fraction of sp³-hybridized carbons (Fsp3) is 0.545. The maximum Gasteiger partial charge on any atom is 0.410 e. The van der Waals surface area contributed by atoms with Gasteiger partial charge in [-0.05, 0) is 0 Å². The Kier molecular flexibility index (Phi) is 4.70. The molecule has 1 saturated heterocycles. The van der Waals surface area contributed by atoms with Gasteiger partial charge in [-0.1, -0.05) is 12.7 Å². The van der Waals surface area contributed by atoms with Crippen molar-refractivity contribution in [3.63, 3.8) is 0 Å². The second-order valence-corrected chi connectivity index (χ2v) is 3.93. The molecule has 0 bridgehead atoms. The van der Waals surface area contributed by atoms with Crippen LogP contribution in [0.15, 0.2) is 12.7 Å². The Labute approximate surface area is 105 Å². The quantitative estimate of drug-likeness (QED) is 0.711. The molecule has 0 aromatic heterocycles. The normalized spacial score (nSPS) is 19.6. The van der Waals surface area contributed by atoms with Crippen molar-refractivity contribution >= 4 is 18.0 Å². The SMILES string of the molecule is C=CCOC(=O)N1CCN(C)C(=O)C1CC(=O)O. The molecule has 7 heteroatoms. The van der Waals surface area contributed by atoms with E-state index in [1.807, 2.05) is 0 Å². The van der Waals surface area contributed by atoms with Crippen LogP contribution in [0.5, 0.6) is 0 Å². The second kappa shape index (κ2) is 6.04. The van der Waals surface area contributed by atoms with Crippen LogP contribution in [0, 0.1) is 0 Å². The number of carboxylic acid groups (broad SMARTS) is 1. The summed E-state index contributed by atoms with van der Waals surface area (Å²) in [7, 11) is 1.57. The molecule has 0 aromatic carbocycles. The molecule has 7 nitrogen and oxygen atoms in total. The molecule has 0 radical (unpaired) electrons. The van der Waals surface area contributed by atoms with E-state index in [9.17, 15) is 14.4 Å². The standard InChI is InChI=1S/C11H16N2O5/c1-3-6-18-11(17)13-5-4-12(2)10(16)8(13)7-9(14)15/h3,8H,1,4-7H2,2H3,(H,14,15). The van der Waals surface area contributed by atoms with Crippen molar-refractivity contribution in [3.05, 3.63) is 12.7 Å². The van der Waals surface area contributed by atoms with Crippen LogP contribution in [0.25, 0.3) is 0 Å². The summed E-state index contributed by atoms with van der Waals surface area (Å²) in [6.07, 6.45) is 0.288. The number of carbonyl (C=O) groups is 3. The van der Waals surface area contributed by atoms with Crippen molar-refractivity contribution in [3.8, 4) is 0 Å². The van der Waals surface area contributed by atoms with E-state index >= 15 is 0 Å². The lowest BCUT2D eigenvalue weighted by Crippen LogP contribution is -2.58. The van der Waals surface area contributed by atoms with Crippen molar-refractivity contribution in [2.24, 2.45) is 0 Å². The molecule has 1 heterocycles. The van der Waals surface area contributed by atoms with E-state index in [4.69, 9.17) is 9.84 Å². The average molecular weight is 256 g/mol. The van der Waals surface area contributed by atoms with E-state index < -0.39 is 24.5 Å². The zero-order valence-corrected chi connectivity index (χ0v) is 10.2. The number of carboxylic acids is 1. The average Bonchev–Trinajstić information content (AvgIpc) is 2.31. The molecule has 2 amide bonds. The number of aliphatic carboxylic acids is 1. The van der Waals surface area contributed by atoms with Gasteiger partial charge < -0.3 is 14.7 Å². The molecule has 0 aliphatic carbocycles. The van der Waals surface area contributed by atoms with Gasteiger partial charge in [-0.2, -0.15) is 0 Å². The number of piperazine rings is 1. The molecule has 100 valence electrons. The van der Waals surface area contributed by atoms with Crippen LogP contribution >= 0.6 is 0 Å². The third kappa shape index (κ3) is 3.22. The third-order valence-corrected chi connectivity index (χ3v) is 2.64. The van der Waals surface area contributed by atoms with Crippen LogP contribution in [0.2, 0.25) is 0 Å². The minimum Gasteiger partial charge on any atom is -0.481 e. The first-order chi connectivity index (χ1) is 8.47. The Hall–Kier alpha value is -2.05. The summed E-state index contributed by atoms with van der Waals surface area (Å²) in [5.41, 5.74) is 0. The zero-order chi connectivity index (χ0) is 13.7. The van der Waals surface area contributed by atoms with E-state index in [-0.39, 0.29) is 19.1 Å². The maximum atomic E-state index is 11.8. The molecule has 1 atom stereocenters. The molecule has 0 aromatic rings. The second-order valence-electron chi connectivity index (χ2n) is 3.93. The van der Waals surface area contributed by atoms with Crippen molar-refractivity contribution in [1.29, 1.82) is 0 Å². The summed E-state index contributed by atoms with van der Waals surface area (Å²) in [6, 6.07) is -1.00. The summed E-state index contributed by atoms with van der Waals surface area (Å²) in [6.45, 7) is 4.05. The van der Waals surface area contributed by atoms with Crippen molar-refractivity contribution < 1.29 is 24.2 Å². The van der Waals surface area contributed by atoms with Crippen LogP contribution in [0.1, 0.15) is 6.42 Å². The Balaban J connectivity index is 2.79. The summed E-state index contributed by atoms with van der Waals surface area (Å²) in [5.74, 6) is -1.52. The number of nitrogens with zero attached hydrogens (tertiary/aromatic N) is 2. The maximum absolute atomic E-state index is 11.8. The third-order valence-electron chi connectivity index (χ3n) is 2.64. The Morgan fingerprint density at radius 1 is 1.56 bits per heavy atom. The van der Waals surface area contributed by atoms with Crippen LogP contribution < -0.4 is 0 Å². The lowest BCUT2D eigenvalue weighted by atomic mass is 10.1. The van der Waals surface area contributed by atoms with Gasteiger partial charge in [-0.25, -0.2) is 4.79 Å². The van der Waals surface area contributed by atoms with Crippen molar-refractivity contribution in [2.75, 3.05) is 26.7 Å². The van der Waals surface area contributed by atoms with E-state index in [2.05, 4.69) is 6.58 Å². The number of hydrogen-bond acceptors (Lipinski definition) is 4. The zero-order valence-electron chi connectivity index (χ0n) is 10.2. The van der Waals surface area contributed by atoms with Crippen LogP contribution in [-0.4, -0.2) is 65.7 Å². The first-order valence-corrected chi connectivity index (χ1v) is 5.48. The molecule has 0 saturated carbocycles. The first-order valence-electron chi connectivity index (χ1n) is 5.48. The van der Waals surface area contributed by atoms with Gasteiger partial charge in [-0.15, -0.1) is 0 Å². The van der Waals surface area contributed by atoms with Crippen molar-refractivity contribution in [2.45, 2.75) is 12.5 Å². The number of ether oxygens (including phenoxy) is 1. The summed E-state index contributed by atoms with van der Waals surface area (Å²) in [5, 5.41) is 8.78. The molecular formula is C11H16N2O5. The van der Waals surface area contributed by atoms with Gasteiger partial charge in [0.25, 0.3) is 0 Å². The van der Waals surface area contributed by atoms with Crippen LogP contribution in [-0.2, 0) is 14.3 Å². The minimum atomic E-state index is -1.13. The summed E-state index contributed by atoms with van der Waals surface area (Å²) >= 11 is 0. The highest BCUT2D eigenvalue weighted by molar-refractivity contribution is 5.90. The van der Waals surface area contributed by atoms with Gasteiger partial charge in [0.1, 0.15) is 12.6 Å². The van der Waals surface area contributed by atoms with Gasteiger partial charge in [0, 0.05) is 20.1 Å². The number of rotatable bonds is 4. The van der Waals surface area contributed by atoms with Gasteiger partial charge in [0.05, 0.1) is 6.42 Å². The fourth-order valence-electron chi connectivity index (χ4n) is 1.71. The number of likely N-dealkylation sites (N-methyl/N-ethyl adjacent to an activating group) is 1. The van der Waals surface area contributed by atoms with Crippen molar-refractivity contribution in [1.82, 2.24) is 9.80 Å². The molecule has 18 heavy (non-hydrogen) atoms. The number of hydrogen-bond donors (Lipinski definition) is 1. The van der Waals surface area contributed by atoms with Gasteiger partial charge in [0.2, 0.25) is 5.91 Å². The Morgan fingerprint density at radius 3 is 2.78 bits per heavy atom. The monoisotopic (exact) mass is 256 g/mol. The smallest absolute Gasteiger partial charge is 0.410 e. The molecule has 1 aliphatic heterocycles. The molecular weight excluding hydrogens is 240 g/mol. The predicted molar refractivity (Wildman–Crippen MR) is 61.9 cm³/mol. The molecule has 0 spiro atoms. The van der Waals surface area contributed by atoms with E-state index in [1.165, 1.54) is 11.0 Å². The minimum absolute atomic E-state index is 0.0269. The molecule has 1 N–H and O–H groups in total. The molecule has 1 fully saturated rings. The van der Waals surface area contributed by atoms with Crippen LogP contribution in [0.4, 0.5) is 4.79 Å². The van der Waals surface area contributed by atoms with E-state index in [0.29, 0.717) is 6.54 Å². The topological polar surface area (TPSA) is 87.2 Å². The first kappa shape index (κ1) is 14.0. The molecule has 1 unspecified atom stereocenters. The van der Waals surface area contributed by atoms with E-state index in [1.54, 1.807) is 7.05 Å². The van der Waals surface area contributed by atoms with E-state index in [0.717, 1.165) is 4.90 Å². The molecule has 1 rings (SSSR count). The highest BCUT2D eigenvalue weighted by Crippen LogP contribution is 2.15.